The number of hydrogen-bond donors (Lipinski definition) is 4. The number of aromatic nitrogens is 2. The Morgan fingerprint density at radius 3 is 2.58 bits per heavy atom. The van der Waals surface area contributed by atoms with Gasteiger partial charge in [-0.2, -0.15) is 4.98 Å². The summed E-state index contributed by atoms with van der Waals surface area (Å²) >= 11 is 0. The van der Waals surface area contributed by atoms with Gasteiger partial charge in [-0.3, -0.25) is 4.79 Å². The average molecular weight is 485 g/mol. The molecule has 6 rings (SSSR count). The number of nitrogen functional groups attached to an aromatic ring is 2. The van der Waals surface area contributed by atoms with Gasteiger partial charge in [0, 0.05) is 30.1 Å². The lowest BCUT2D eigenvalue weighted by Gasteiger charge is -2.39. The van der Waals surface area contributed by atoms with Crippen molar-refractivity contribution < 1.29 is 19.4 Å². The summed E-state index contributed by atoms with van der Waals surface area (Å²) in [4.78, 5) is 34.4. The quantitative estimate of drug-likeness (QED) is 0.345. The Morgan fingerprint density at radius 2 is 1.83 bits per heavy atom. The highest BCUT2D eigenvalue weighted by Gasteiger charge is 2.34. The summed E-state index contributed by atoms with van der Waals surface area (Å²) in [7, 11) is 0. The van der Waals surface area contributed by atoms with E-state index in [1.165, 1.54) is 0 Å². The van der Waals surface area contributed by atoms with E-state index in [1.807, 2.05) is 42.5 Å². The van der Waals surface area contributed by atoms with Crippen LogP contribution in [0.15, 0.2) is 42.5 Å². The zero-order valence-electron chi connectivity index (χ0n) is 19.5. The largest absolute Gasteiger partial charge is 0.492 e. The van der Waals surface area contributed by atoms with Crippen molar-refractivity contribution in [2.75, 3.05) is 31.2 Å². The summed E-state index contributed by atoms with van der Waals surface area (Å²) < 4.78 is 6.06. The number of benzene rings is 3. The predicted molar refractivity (Wildman–Crippen MR) is 136 cm³/mol. The lowest BCUT2D eigenvalue weighted by atomic mass is 9.87. The standard InChI is InChI=1S/C26H24N6O4/c1-12-11-36-22-20(12)18(8-19-21(22)23(27)31-25(28)30-19)16-6-7-17(15-5-3-2-4-14(15)16)24(33)32-9-13(10-32)29-26(34)35/h2-8,12-13,29H,9-11H2,1H3,(H,34,35)(H4,27,28,30,31). The minimum Gasteiger partial charge on any atom is -0.492 e. The molecule has 2 amide bonds. The SMILES string of the molecule is CC1COc2c1c(-c1ccc(C(=O)N3CC(NC(=O)O)C3)c3ccccc13)cc1nc(N)nc(N)c21. The molecule has 4 aromatic rings. The van der Waals surface area contributed by atoms with E-state index in [0.717, 1.165) is 27.5 Å². The van der Waals surface area contributed by atoms with Gasteiger partial charge in [0.2, 0.25) is 5.95 Å². The summed E-state index contributed by atoms with van der Waals surface area (Å²) in [5, 5.41) is 13.7. The lowest BCUT2D eigenvalue weighted by Crippen LogP contribution is -2.60. The Labute approximate surface area is 205 Å². The number of likely N-dealkylation sites (tertiary alicyclic amines) is 1. The number of nitrogens with one attached hydrogen (secondary N) is 1. The normalized spacial score (nSPS) is 17.0. The number of carbonyl (C=O) groups is 2. The number of carbonyl (C=O) groups excluding carboxylic acids is 1. The predicted octanol–water partition coefficient (Wildman–Crippen LogP) is 3.20. The fraction of sp³-hybridized carbons (Fsp3) is 0.231. The molecule has 2 aliphatic heterocycles. The molecule has 0 saturated carbocycles. The molecular formula is C26H24N6O4. The fourth-order valence-electron chi connectivity index (χ4n) is 5.28. The number of amides is 2. The van der Waals surface area contributed by atoms with E-state index in [9.17, 15) is 9.59 Å². The smallest absolute Gasteiger partial charge is 0.405 e. The molecule has 1 atom stereocenters. The van der Waals surface area contributed by atoms with E-state index in [4.69, 9.17) is 21.3 Å². The van der Waals surface area contributed by atoms with Gasteiger partial charge in [0.05, 0.1) is 23.6 Å². The first-order valence-electron chi connectivity index (χ1n) is 11.6. The molecule has 10 nitrogen and oxygen atoms in total. The number of rotatable bonds is 3. The first kappa shape index (κ1) is 21.9. The molecule has 182 valence electrons. The highest BCUT2D eigenvalue weighted by Crippen LogP contribution is 2.48. The van der Waals surface area contributed by atoms with Crippen LogP contribution in [-0.2, 0) is 0 Å². The Bertz CT molecular complexity index is 1580. The summed E-state index contributed by atoms with van der Waals surface area (Å²) in [5.74, 6) is 1.04. The van der Waals surface area contributed by atoms with E-state index in [2.05, 4.69) is 22.2 Å². The molecule has 1 fully saturated rings. The topological polar surface area (TPSA) is 157 Å². The van der Waals surface area contributed by atoms with E-state index in [-0.39, 0.29) is 29.6 Å². The molecule has 1 unspecified atom stereocenters. The number of carboxylic acid groups (broad SMARTS) is 1. The molecule has 0 aliphatic carbocycles. The number of hydrogen-bond acceptors (Lipinski definition) is 7. The Kier molecular flexibility index (Phi) is 4.85. The molecule has 0 radical (unpaired) electrons. The minimum absolute atomic E-state index is 0.0907. The van der Waals surface area contributed by atoms with Crippen molar-refractivity contribution >= 4 is 45.4 Å². The van der Waals surface area contributed by atoms with Crippen LogP contribution in [0.1, 0.15) is 28.8 Å². The molecule has 3 aromatic carbocycles. The number of fused-ring (bicyclic) bond motifs is 4. The van der Waals surface area contributed by atoms with Crippen LogP contribution in [0.3, 0.4) is 0 Å². The third-order valence-corrected chi connectivity index (χ3v) is 6.94. The maximum absolute atomic E-state index is 13.3. The number of nitrogens with zero attached hydrogens (tertiary/aromatic N) is 3. The molecule has 1 aromatic heterocycles. The summed E-state index contributed by atoms with van der Waals surface area (Å²) in [6.45, 7) is 3.30. The number of nitrogens with two attached hydrogens (primary N) is 2. The Morgan fingerprint density at radius 1 is 1.08 bits per heavy atom. The maximum atomic E-state index is 13.3. The Hall–Kier alpha value is -4.60. The summed E-state index contributed by atoms with van der Waals surface area (Å²) in [6.07, 6.45) is -1.09. The maximum Gasteiger partial charge on any atom is 0.405 e. The van der Waals surface area contributed by atoms with E-state index >= 15 is 0 Å². The number of anilines is 2. The van der Waals surface area contributed by atoms with E-state index in [1.54, 1.807) is 4.90 Å². The van der Waals surface area contributed by atoms with Gasteiger partial charge < -0.3 is 31.5 Å². The van der Waals surface area contributed by atoms with Gasteiger partial charge in [-0.05, 0) is 34.0 Å². The second kappa shape index (κ2) is 7.98. The monoisotopic (exact) mass is 484 g/mol. The van der Waals surface area contributed by atoms with Crippen LogP contribution >= 0.6 is 0 Å². The second-order valence-electron chi connectivity index (χ2n) is 9.30. The van der Waals surface area contributed by atoms with Crippen molar-refractivity contribution in [1.82, 2.24) is 20.2 Å². The highest BCUT2D eigenvalue weighted by atomic mass is 16.5. The van der Waals surface area contributed by atoms with Crippen LogP contribution in [0.4, 0.5) is 16.6 Å². The number of ether oxygens (including phenoxy) is 1. The van der Waals surface area contributed by atoms with Crippen molar-refractivity contribution in [1.29, 1.82) is 0 Å². The zero-order valence-corrected chi connectivity index (χ0v) is 19.5. The van der Waals surface area contributed by atoms with Crippen molar-refractivity contribution in [3.63, 3.8) is 0 Å². The second-order valence-corrected chi connectivity index (χ2v) is 9.30. The zero-order chi connectivity index (χ0) is 25.1. The van der Waals surface area contributed by atoms with E-state index in [0.29, 0.717) is 41.9 Å². The molecule has 2 aliphatic rings. The molecule has 6 N–H and O–H groups in total. The Balaban J connectivity index is 1.49. The molecule has 3 heterocycles. The fourth-order valence-corrected chi connectivity index (χ4v) is 5.28. The van der Waals surface area contributed by atoms with Gasteiger partial charge in [0.1, 0.15) is 11.6 Å². The van der Waals surface area contributed by atoms with Crippen LogP contribution in [-0.4, -0.2) is 57.7 Å². The van der Waals surface area contributed by atoms with Gasteiger partial charge >= 0.3 is 6.09 Å². The molecular weight excluding hydrogens is 460 g/mol. The minimum atomic E-state index is -1.09. The van der Waals surface area contributed by atoms with Crippen molar-refractivity contribution in [3.8, 4) is 16.9 Å². The van der Waals surface area contributed by atoms with Crippen LogP contribution in [0.5, 0.6) is 5.75 Å². The van der Waals surface area contributed by atoms with Crippen LogP contribution < -0.4 is 21.5 Å². The summed E-state index contributed by atoms with van der Waals surface area (Å²) in [5.41, 5.74) is 16.2. The molecule has 0 bridgehead atoms. The van der Waals surface area contributed by atoms with Gasteiger partial charge in [-0.1, -0.05) is 37.3 Å². The van der Waals surface area contributed by atoms with Crippen molar-refractivity contribution in [2.45, 2.75) is 18.9 Å². The first-order chi connectivity index (χ1) is 17.3. The highest BCUT2D eigenvalue weighted by molar-refractivity contribution is 6.12. The van der Waals surface area contributed by atoms with Crippen molar-refractivity contribution in [3.05, 3.63) is 53.6 Å². The van der Waals surface area contributed by atoms with Gasteiger partial charge in [-0.15, -0.1) is 0 Å². The van der Waals surface area contributed by atoms with Gasteiger partial charge in [0.25, 0.3) is 5.91 Å². The van der Waals surface area contributed by atoms with Crippen LogP contribution in [0, 0.1) is 0 Å². The first-order valence-corrected chi connectivity index (χ1v) is 11.6. The molecule has 1 saturated heterocycles. The van der Waals surface area contributed by atoms with Gasteiger partial charge in [0.15, 0.2) is 0 Å². The third-order valence-electron chi connectivity index (χ3n) is 6.94. The van der Waals surface area contributed by atoms with Crippen molar-refractivity contribution in [2.24, 2.45) is 0 Å². The van der Waals surface area contributed by atoms with Crippen LogP contribution in [0.25, 0.3) is 32.8 Å². The van der Waals surface area contributed by atoms with E-state index < -0.39 is 6.09 Å². The molecule has 36 heavy (non-hydrogen) atoms. The lowest BCUT2D eigenvalue weighted by molar-refractivity contribution is 0.0566. The molecule has 0 spiro atoms. The summed E-state index contributed by atoms with van der Waals surface area (Å²) in [6, 6.07) is 13.3. The molecule has 10 heteroatoms. The van der Waals surface area contributed by atoms with Gasteiger partial charge in [-0.25, -0.2) is 9.78 Å². The van der Waals surface area contributed by atoms with Crippen LogP contribution in [0.2, 0.25) is 0 Å². The third kappa shape index (κ3) is 3.33. The average Bonchev–Trinajstić information content (AvgIpc) is 3.20.